The first-order chi connectivity index (χ1) is 12.0. The summed E-state index contributed by atoms with van der Waals surface area (Å²) in [5, 5.41) is 28.9. The Bertz CT molecular complexity index is 965. The van der Waals surface area contributed by atoms with Crippen LogP contribution in [-0.2, 0) is 6.42 Å². The number of aromatic hydroxyl groups is 2. The molecule has 0 spiro atoms. The van der Waals surface area contributed by atoms with Crippen molar-refractivity contribution in [2.24, 2.45) is 0 Å². The van der Waals surface area contributed by atoms with E-state index in [2.05, 4.69) is 0 Å². The molecule has 1 aliphatic rings. The lowest BCUT2D eigenvalue weighted by molar-refractivity contribution is 0.180. The van der Waals surface area contributed by atoms with Gasteiger partial charge in [0.15, 0.2) is 11.5 Å². The van der Waals surface area contributed by atoms with Crippen LogP contribution in [0, 0.1) is 5.82 Å². The molecule has 25 heavy (non-hydrogen) atoms. The van der Waals surface area contributed by atoms with E-state index in [-0.39, 0.29) is 17.3 Å². The molecule has 4 rings (SSSR count). The maximum absolute atomic E-state index is 14.7. The van der Waals surface area contributed by atoms with Gasteiger partial charge in [-0.05, 0) is 58.9 Å². The number of benzene rings is 3. The van der Waals surface area contributed by atoms with Gasteiger partial charge >= 0.3 is 0 Å². The van der Waals surface area contributed by atoms with Gasteiger partial charge in [0.2, 0.25) is 0 Å². The number of rotatable bonds is 2. The molecular weight excluding hydrogens is 319 g/mol. The number of fused-ring (bicyclic) bond motifs is 1. The summed E-state index contributed by atoms with van der Waals surface area (Å²) in [6.45, 7) is 0. The zero-order chi connectivity index (χ0) is 17.6. The number of aliphatic hydroxyl groups excluding tert-OH is 1. The lowest BCUT2D eigenvalue weighted by atomic mass is 9.97. The number of aliphatic hydroxyl groups is 1. The number of hydrogen-bond acceptors (Lipinski definition) is 3. The van der Waals surface area contributed by atoms with E-state index in [0.717, 1.165) is 23.1 Å². The number of phenols is 2. The maximum atomic E-state index is 14.7. The van der Waals surface area contributed by atoms with Crippen LogP contribution in [0.4, 0.5) is 4.39 Å². The Balaban J connectivity index is 1.72. The smallest absolute Gasteiger partial charge is 0.158 e. The van der Waals surface area contributed by atoms with Gasteiger partial charge in [0.25, 0.3) is 0 Å². The summed E-state index contributed by atoms with van der Waals surface area (Å²) in [6.07, 6.45) is 1.10. The molecule has 0 aliphatic heterocycles. The van der Waals surface area contributed by atoms with Gasteiger partial charge in [-0.3, -0.25) is 0 Å². The predicted octanol–water partition coefficient (Wildman–Crippen LogP) is 4.55. The van der Waals surface area contributed by atoms with Crippen LogP contribution in [0.5, 0.6) is 11.5 Å². The molecular formula is C21H17FO3. The number of halogens is 1. The Morgan fingerprint density at radius 1 is 0.800 bits per heavy atom. The first-order valence-corrected chi connectivity index (χ1v) is 8.16. The molecule has 1 unspecified atom stereocenters. The lowest BCUT2D eigenvalue weighted by Crippen LogP contribution is -1.92. The minimum Gasteiger partial charge on any atom is -0.504 e. The Morgan fingerprint density at radius 2 is 1.52 bits per heavy atom. The molecule has 0 amide bonds. The van der Waals surface area contributed by atoms with Crippen LogP contribution in [0.3, 0.4) is 0 Å². The molecule has 3 nitrogen and oxygen atoms in total. The molecule has 0 saturated heterocycles. The topological polar surface area (TPSA) is 60.7 Å². The van der Waals surface area contributed by atoms with Crippen molar-refractivity contribution in [1.82, 2.24) is 0 Å². The zero-order valence-corrected chi connectivity index (χ0v) is 13.4. The van der Waals surface area contributed by atoms with Crippen LogP contribution < -0.4 is 0 Å². The molecule has 0 aromatic heterocycles. The fourth-order valence-electron chi connectivity index (χ4n) is 3.39. The van der Waals surface area contributed by atoms with Crippen molar-refractivity contribution < 1.29 is 19.7 Å². The van der Waals surface area contributed by atoms with Gasteiger partial charge in [-0.15, -0.1) is 0 Å². The van der Waals surface area contributed by atoms with E-state index < -0.39 is 6.10 Å². The van der Waals surface area contributed by atoms with Gasteiger partial charge in [-0.1, -0.05) is 36.4 Å². The highest BCUT2D eigenvalue weighted by Crippen LogP contribution is 2.36. The fourth-order valence-corrected chi connectivity index (χ4v) is 3.39. The number of hydrogen-bond donors (Lipinski definition) is 3. The van der Waals surface area contributed by atoms with Crippen LogP contribution in [0.25, 0.3) is 22.3 Å². The third-order valence-corrected chi connectivity index (χ3v) is 4.78. The molecule has 3 N–H and O–H groups in total. The van der Waals surface area contributed by atoms with Crippen molar-refractivity contribution in [3.63, 3.8) is 0 Å². The van der Waals surface area contributed by atoms with Gasteiger partial charge in [-0.2, -0.15) is 0 Å². The molecule has 0 saturated carbocycles. The number of phenolic OH excluding ortho intramolecular Hbond substituents is 2. The molecule has 126 valence electrons. The Kier molecular flexibility index (Phi) is 3.70. The SMILES string of the molecule is Oc1ccc(-c2ccc(-c3ccc4c(c3)CCC4O)c(F)c2)cc1O. The predicted molar refractivity (Wildman–Crippen MR) is 93.9 cm³/mol. The second-order valence-corrected chi connectivity index (χ2v) is 6.37. The molecule has 0 radical (unpaired) electrons. The van der Waals surface area contributed by atoms with Gasteiger partial charge in [-0.25, -0.2) is 4.39 Å². The average molecular weight is 336 g/mol. The summed E-state index contributed by atoms with van der Waals surface area (Å²) in [4.78, 5) is 0. The minimum absolute atomic E-state index is 0.207. The Hall–Kier alpha value is -2.85. The molecule has 0 heterocycles. The Labute approximate surface area is 144 Å². The van der Waals surface area contributed by atoms with E-state index in [1.807, 2.05) is 18.2 Å². The monoisotopic (exact) mass is 336 g/mol. The van der Waals surface area contributed by atoms with Gasteiger partial charge in [0, 0.05) is 5.56 Å². The fraction of sp³-hybridized carbons (Fsp3) is 0.143. The second-order valence-electron chi connectivity index (χ2n) is 6.37. The quantitative estimate of drug-likeness (QED) is 0.602. The lowest BCUT2D eigenvalue weighted by Gasteiger charge is -2.10. The van der Waals surface area contributed by atoms with Crippen LogP contribution in [-0.4, -0.2) is 15.3 Å². The van der Waals surface area contributed by atoms with Gasteiger partial charge in [0.05, 0.1) is 6.10 Å². The van der Waals surface area contributed by atoms with Crippen LogP contribution in [0.15, 0.2) is 54.6 Å². The maximum Gasteiger partial charge on any atom is 0.158 e. The van der Waals surface area contributed by atoms with Gasteiger partial charge < -0.3 is 15.3 Å². The van der Waals surface area contributed by atoms with E-state index >= 15 is 0 Å². The molecule has 0 bridgehead atoms. The zero-order valence-electron chi connectivity index (χ0n) is 13.4. The first-order valence-electron chi connectivity index (χ1n) is 8.16. The molecule has 4 heteroatoms. The van der Waals surface area contributed by atoms with E-state index in [0.29, 0.717) is 23.1 Å². The van der Waals surface area contributed by atoms with Gasteiger partial charge in [0.1, 0.15) is 5.82 Å². The summed E-state index contributed by atoms with van der Waals surface area (Å²) in [5.41, 5.74) is 4.52. The second kappa shape index (κ2) is 5.90. The molecule has 1 atom stereocenters. The average Bonchev–Trinajstić information content (AvgIpc) is 2.98. The number of aryl methyl sites for hydroxylation is 1. The summed E-state index contributed by atoms with van der Waals surface area (Å²) in [7, 11) is 0. The molecule has 0 fully saturated rings. The van der Waals surface area contributed by atoms with Crippen molar-refractivity contribution in [3.05, 3.63) is 71.5 Å². The third kappa shape index (κ3) is 2.75. The van der Waals surface area contributed by atoms with Crippen molar-refractivity contribution >= 4 is 0 Å². The molecule has 1 aliphatic carbocycles. The van der Waals surface area contributed by atoms with Crippen molar-refractivity contribution in [2.45, 2.75) is 18.9 Å². The van der Waals surface area contributed by atoms with E-state index in [4.69, 9.17) is 0 Å². The van der Waals surface area contributed by atoms with Crippen molar-refractivity contribution in [1.29, 1.82) is 0 Å². The minimum atomic E-state index is -0.418. The van der Waals surface area contributed by atoms with E-state index in [1.165, 1.54) is 18.2 Å². The summed E-state index contributed by atoms with van der Waals surface area (Å²) >= 11 is 0. The summed E-state index contributed by atoms with van der Waals surface area (Å²) in [6, 6.07) is 15.0. The largest absolute Gasteiger partial charge is 0.504 e. The third-order valence-electron chi connectivity index (χ3n) is 4.78. The normalized spacial score (nSPS) is 16.0. The van der Waals surface area contributed by atoms with Crippen molar-refractivity contribution in [3.8, 4) is 33.8 Å². The highest BCUT2D eigenvalue weighted by Gasteiger charge is 2.20. The standard InChI is InChI=1S/C21H17FO3/c22-18-10-12(13-3-8-20(24)21(25)11-13)1-5-16(18)14-2-6-17-15(9-14)4-7-19(17)23/h1-3,5-6,8-11,19,23-25H,4,7H2. The van der Waals surface area contributed by atoms with Crippen LogP contribution in [0.2, 0.25) is 0 Å². The molecule has 3 aromatic carbocycles. The van der Waals surface area contributed by atoms with E-state index in [1.54, 1.807) is 18.2 Å². The highest BCUT2D eigenvalue weighted by molar-refractivity contribution is 5.73. The van der Waals surface area contributed by atoms with Crippen LogP contribution in [0.1, 0.15) is 23.7 Å². The first kappa shape index (κ1) is 15.7. The molecule has 3 aromatic rings. The van der Waals surface area contributed by atoms with Crippen molar-refractivity contribution in [2.75, 3.05) is 0 Å². The summed E-state index contributed by atoms with van der Waals surface area (Å²) < 4.78 is 14.7. The Morgan fingerprint density at radius 3 is 2.28 bits per heavy atom. The summed E-state index contributed by atoms with van der Waals surface area (Å²) in [5.74, 6) is -0.802. The van der Waals surface area contributed by atoms with Crippen LogP contribution >= 0.6 is 0 Å². The highest BCUT2D eigenvalue weighted by atomic mass is 19.1. The van der Waals surface area contributed by atoms with E-state index in [9.17, 15) is 19.7 Å².